The second-order valence-corrected chi connectivity index (χ2v) is 6.83. The third-order valence-corrected chi connectivity index (χ3v) is 4.52. The molecule has 0 saturated carbocycles. The van der Waals surface area contributed by atoms with Gasteiger partial charge in [0.2, 0.25) is 5.91 Å². The molecule has 0 saturated heterocycles. The van der Waals surface area contributed by atoms with Crippen LogP contribution < -0.4 is 10.6 Å². The first-order valence-corrected chi connectivity index (χ1v) is 8.28. The molecular weight excluding hydrogens is 365 g/mol. The van der Waals surface area contributed by atoms with Gasteiger partial charge in [-0.3, -0.25) is 4.79 Å². The van der Waals surface area contributed by atoms with Gasteiger partial charge in [0, 0.05) is 23.0 Å². The molecule has 2 aromatic rings. The number of rotatable bonds is 6. The molecule has 1 heterocycles. The first kappa shape index (κ1) is 22.9. The van der Waals surface area contributed by atoms with Crippen LogP contribution in [0.15, 0.2) is 24.3 Å². The van der Waals surface area contributed by atoms with Crippen LogP contribution in [-0.4, -0.2) is 30.5 Å². The molecule has 1 aromatic carbocycles. The van der Waals surface area contributed by atoms with Crippen molar-refractivity contribution in [3.8, 4) is 11.3 Å². The largest absolute Gasteiger partial charge is 0.354 e. The lowest BCUT2D eigenvalue weighted by Crippen LogP contribution is -2.37. The van der Waals surface area contributed by atoms with Crippen LogP contribution in [0, 0.1) is 13.8 Å². The number of halogens is 2. The number of hydrogen-bond acceptors (Lipinski definition) is 4. The minimum Gasteiger partial charge on any atom is -0.354 e. The number of hydrogen-bond donors (Lipinski definition) is 2. The van der Waals surface area contributed by atoms with E-state index in [0.29, 0.717) is 13.0 Å². The number of thiazole rings is 1. The Kier molecular flexibility index (Phi) is 10.2. The normalized spacial score (nSPS) is 11.2. The number of likely N-dealkylation sites (N-methyl/N-ethyl adjacent to an activating group) is 1. The van der Waals surface area contributed by atoms with E-state index >= 15 is 0 Å². The summed E-state index contributed by atoms with van der Waals surface area (Å²) in [6.07, 6.45) is 0.380. The maximum Gasteiger partial charge on any atom is 0.225 e. The SMILES string of the molecule is CNC(C)CNC(=O)Cc1sc(C)nc1-c1ccc(C)cc1.Cl.Cl. The number of carbonyl (C=O) groups excluding carboxylic acids is 1. The molecule has 1 aromatic heterocycles. The van der Waals surface area contributed by atoms with Crippen molar-refractivity contribution >= 4 is 42.1 Å². The molecule has 0 bridgehead atoms. The second kappa shape index (κ2) is 10.7. The van der Waals surface area contributed by atoms with Crippen LogP contribution in [0.2, 0.25) is 0 Å². The zero-order chi connectivity index (χ0) is 16.1. The van der Waals surface area contributed by atoms with Gasteiger partial charge in [0.1, 0.15) is 0 Å². The second-order valence-electron chi connectivity index (χ2n) is 5.54. The van der Waals surface area contributed by atoms with E-state index in [1.54, 1.807) is 11.3 Å². The highest BCUT2D eigenvalue weighted by Gasteiger charge is 2.15. The van der Waals surface area contributed by atoms with E-state index in [9.17, 15) is 4.79 Å². The molecule has 24 heavy (non-hydrogen) atoms. The van der Waals surface area contributed by atoms with E-state index in [0.717, 1.165) is 21.1 Å². The smallest absolute Gasteiger partial charge is 0.225 e. The number of carbonyl (C=O) groups is 1. The van der Waals surface area contributed by atoms with Crippen molar-refractivity contribution in [1.29, 1.82) is 0 Å². The van der Waals surface area contributed by atoms with Gasteiger partial charge >= 0.3 is 0 Å². The average molecular weight is 390 g/mol. The molecule has 134 valence electrons. The van der Waals surface area contributed by atoms with Gasteiger partial charge < -0.3 is 10.6 Å². The van der Waals surface area contributed by atoms with E-state index in [2.05, 4.69) is 46.8 Å². The molecule has 2 rings (SSSR count). The summed E-state index contributed by atoms with van der Waals surface area (Å²) in [7, 11) is 1.89. The first-order chi connectivity index (χ1) is 10.5. The topological polar surface area (TPSA) is 54.0 Å². The lowest BCUT2D eigenvalue weighted by molar-refractivity contribution is -0.120. The Balaban J connectivity index is 0.00000264. The standard InChI is InChI=1S/C17H23N3OS.2ClH/c1-11-5-7-14(8-6-11)17-15(22-13(3)20-17)9-16(21)19-10-12(2)18-4;;/h5-8,12,18H,9-10H2,1-4H3,(H,19,21);2*1H. The number of nitrogens with zero attached hydrogens (tertiary/aromatic N) is 1. The van der Waals surface area contributed by atoms with Crippen molar-refractivity contribution < 1.29 is 4.79 Å². The summed E-state index contributed by atoms with van der Waals surface area (Å²) in [6, 6.07) is 8.54. The summed E-state index contributed by atoms with van der Waals surface area (Å²) in [5, 5.41) is 7.05. The molecule has 0 spiro atoms. The van der Waals surface area contributed by atoms with Crippen LogP contribution in [-0.2, 0) is 11.2 Å². The van der Waals surface area contributed by atoms with E-state index < -0.39 is 0 Å². The Bertz CT molecular complexity index is 644. The fourth-order valence-electron chi connectivity index (χ4n) is 2.10. The van der Waals surface area contributed by atoms with Crippen LogP contribution >= 0.6 is 36.2 Å². The third-order valence-electron chi connectivity index (χ3n) is 3.55. The van der Waals surface area contributed by atoms with Crippen LogP contribution in [0.25, 0.3) is 11.3 Å². The predicted octanol–water partition coefficient (Wildman–Crippen LogP) is 3.54. The quantitative estimate of drug-likeness (QED) is 0.793. The number of benzene rings is 1. The van der Waals surface area contributed by atoms with Crippen molar-refractivity contribution in [2.75, 3.05) is 13.6 Å². The molecule has 0 radical (unpaired) electrons. The highest BCUT2D eigenvalue weighted by molar-refractivity contribution is 7.12. The summed E-state index contributed by atoms with van der Waals surface area (Å²) < 4.78 is 0. The van der Waals surface area contributed by atoms with Crippen LogP contribution in [0.4, 0.5) is 0 Å². The van der Waals surface area contributed by atoms with Gasteiger partial charge in [0.25, 0.3) is 0 Å². The molecule has 7 heteroatoms. The first-order valence-electron chi connectivity index (χ1n) is 7.47. The molecule has 0 aliphatic heterocycles. The predicted molar refractivity (Wildman–Crippen MR) is 107 cm³/mol. The fraction of sp³-hybridized carbons (Fsp3) is 0.412. The number of aryl methyl sites for hydroxylation is 2. The van der Waals surface area contributed by atoms with Crippen molar-refractivity contribution in [2.24, 2.45) is 0 Å². The minimum atomic E-state index is 0. The maximum absolute atomic E-state index is 12.1. The molecule has 1 amide bonds. The van der Waals surface area contributed by atoms with Crippen molar-refractivity contribution in [3.63, 3.8) is 0 Å². The molecule has 2 N–H and O–H groups in total. The Morgan fingerprint density at radius 3 is 2.42 bits per heavy atom. The van der Waals surface area contributed by atoms with E-state index in [1.807, 2.05) is 20.9 Å². The zero-order valence-electron chi connectivity index (χ0n) is 14.4. The van der Waals surface area contributed by atoms with Gasteiger partial charge in [0.15, 0.2) is 0 Å². The number of aromatic nitrogens is 1. The molecule has 0 aliphatic carbocycles. The van der Waals surface area contributed by atoms with Crippen molar-refractivity contribution in [2.45, 2.75) is 33.2 Å². The number of amides is 1. The fourth-order valence-corrected chi connectivity index (χ4v) is 3.06. The molecule has 1 atom stereocenters. The third kappa shape index (κ3) is 6.40. The van der Waals surface area contributed by atoms with Gasteiger partial charge in [-0.15, -0.1) is 36.2 Å². The van der Waals surface area contributed by atoms with Gasteiger partial charge in [0.05, 0.1) is 17.1 Å². The molecular formula is C17H25Cl2N3OS. The average Bonchev–Trinajstić information content (AvgIpc) is 2.86. The van der Waals surface area contributed by atoms with Crippen LogP contribution in [0.1, 0.15) is 22.4 Å². The van der Waals surface area contributed by atoms with E-state index in [4.69, 9.17) is 0 Å². The van der Waals surface area contributed by atoms with Crippen LogP contribution in [0.5, 0.6) is 0 Å². The summed E-state index contributed by atoms with van der Waals surface area (Å²) in [4.78, 5) is 17.7. The van der Waals surface area contributed by atoms with E-state index in [1.165, 1.54) is 5.56 Å². The van der Waals surface area contributed by atoms with Gasteiger partial charge in [-0.2, -0.15) is 0 Å². The van der Waals surface area contributed by atoms with E-state index in [-0.39, 0.29) is 36.8 Å². The highest BCUT2D eigenvalue weighted by Crippen LogP contribution is 2.28. The lowest BCUT2D eigenvalue weighted by atomic mass is 10.1. The zero-order valence-corrected chi connectivity index (χ0v) is 16.8. The Morgan fingerprint density at radius 1 is 1.21 bits per heavy atom. The molecule has 4 nitrogen and oxygen atoms in total. The summed E-state index contributed by atoms with van der Waals surface area (Å²) in [6.45, 7) is 6.71. The van der Waals surface area contributed by atoms with Crippen molar-refractivity contribution in [3.05, 3.63) is 39.7 Å². The monoisotopic (exact) mass is 389 g/mol. The summed E-state index contributed by atoms with van der Waals surface area (Å²) in [5.74, 6) is 0.0408. The minimum absolute atomic E-state index is 0. The highest BCUT2D eigenvalue weighted by atomic mass is 35.5. The van der Waals surface area contributed by atoms with Gasteiger partial charge in [-0.25, -0.2) is 4.98 Å². The summed E-state index contributed by atoms with van der Waals surface area (Å²) >= 11 is 1.59. The Labute approximate surface area is 160 Å². The summed E-state index contributed by atoms with van der Waals surface area (Å²) in [5.41, 5.74) is 3.22. The molecule has 0 fully saturated rings. The Hall–Kier alpha value is -1.14. The van der Waals surface area contributed by atoms with Gasteiger partial charge in [-0.05, 0) is 27.8 Å². The number of nitrogens with one attached hydrogen (secondary N) is 2. The van der Waals surface area contributed by atoms with Crippen LogP contribution in [0.3, 0.4) is 0 Å². The molecule has 0 aliphatic rings. The Morgan fingerprint density at radius 2 is 1.83 bits per heavy atom. The van der Waals surface area contributed by atoms with Gasteiger partial charge in [-0.1, -0.05) is 29.8 Å². The maximum atomic E-state index is 12.1. The lowest BCUT2D eigenvalue weighted by Gasteiger charge is -2.11. The van der Waals surface area contributed by atoms with Crippen molar-refractivity contribution in [1.82, 2.24) is 15.6 Å². The molecule has 1 unspecified atom stereocenters.